The van der Waals surface area contributed by atoms with Crippen LogP contribution in [-0.4, -0.2) is 32.3 Å². The lowest BCUT2D eigenvalue weighted by atomic mass is 10.3. The number of rotatable bonds is 7. The van der Waals surface area contributed by atoms with Crippen molar-refractivity contribution >= 4 is 27.5 Å². The number of carbonyl (C=O) groups excluding carboxylic acids is 1. The molecule has 1 aromatic carbocycles. The summed E-state index contributed by atoms with van der Waals surface area (Å²) in [5, 5.41) is 16.0. The highest BCUT2D eigenvalue weighted by molar-refractivity contribution is 9.10. The van der Waals surface area contributed by atoms with E-state index in [9.17, 15) is 4.79 Å². The molecule has 1 amide bonds. The SMILES string of the molecule is COCCOc1cc(N=NC(C#N)C(N)=O)ccc1Br. The molecule has 0 aliphatic heterocycles. The number of nitrogens with zero attached hydrogens (tertiary/aromatic N) is 3. The predicted octanol–water partition coefficient (Wildman–Crippen LogP) is 1.94. The molecule has 0 radical (unpaired) electrons. The van der Waals surface area contributed by atoms with Crippen LogP contribution in [0.5, 0.6) is 5.75 Å². The predicted molar refractivity (Wildman–Crippen MR) is 74.6 cm³/mol. The van der Waals surface area contributed by atoms with Crippen molar-refractivity contribution in [2.45, 2.75) is 6.04 Å². The molecule has 20 heavy (non-hydrogen) atoms. The summed E-state index contributed by atoms with van der Waals surface area (Å²) in [6.45, 7) is 0.841. The Bertz CT molecular complexity index is 542. The Morgan fingerprint density at radius 3 is 2.90 bits per heavy atom. The van der Waals surface area contributed by atoms with Gasteiger partial charge in [-0.15, -0.1) is 0 Å². The number of ether oxygens (including phenoxy) is 2. The van der Waals surface area contributed by atoms with Gasteiger partial charge in [-0.3, -0.25) is 4.79 Å². The van der Waals surface area contributed by atoms with E-state index in [4.69, 9.17) is 20.5 Å². The lowest BCUT2D eigenvalue weighted by Gasteiger charge is -2.08. The third-order valence-corrected chi connectivity index (χ3v) is 2.80. The molecule has 0 aromatic heterocycles. The summed E-state index contributed by atoms with van der Waals surface area (Å²) < 4.78 is 11.1. The maximum absolute atomic E-state index is 10.8. The second kappa shape index (κ2) is 8.24. The van der Waals surface area contributed by atoms with E-state index < -0.39 is 11.9 Å². The summed E-state index contributed by atoms with van der Waals surface area (Å²) in [5.74, 6) is -0.281. The highest BCUT2D eigenvalue weighted by Crippen LogP contribution is 2.29. The summed E-state index contributed by atoms with van der Waals surface area (Å²) in [6.07, 6.45) is 0. The Kier molecular flexibility index (Phi) is 6.63. The molecular formula is C12H13BrN4O3. The molecule has 0 aliphatic rings. The quantitative estimate of drug-likeness (QED) is 0.603. The molecule has 7 nitrogen and oxygen atoms in total. The second-order valence-electron chi connectivity index (χ2n) is 3.61. The van der Waals surface area contributed by atoms with Crippen LogP contribution >= 0.6 is 15.9 Å². The van der Waals surface area contributed by atoms with Crippen LogP contribution in [0.25, 0.3) is 0 Å². The zero-order valence-corrected chi connectivity index (χ0v) is 12.3. The van der Waals surface area contributed by atoms with Gasteiger partial charge in [0.2, 0.25) is 6.04 Å². The minimum Gasteiger partial charge on any atom is -0.490 e. The molecule has 0 saturated carbocycles. The van der Waals surface area contributed by atoms with Crippen LogP contribution < -0.4 is 10.5 Å². The number of halogens is 1. The Labute approximate surface area is 124 Å². The number of hydrogen-bond acceptors (Lipinski definition) is 6. The molecule has 0 saturated heterocycles. The first-order valence-electron chi connectivity index (χ1n) is 5.59. The summed E-state index contributed by atoms with van der Waals surface area (Å²) in [7, 11) is 1.58. The zero-order valence-electron chi connectivity index (χ0n) is 10.7. The maximum atomic E-state index is 10.8. The number of benzene rings is 1. The minimum absolute atomic E-state index is 0.387. The first-order valence-corrected chi connectivity index (χ1v) is 6.39. The average Bonchev–Trinajstić information content (AvgIpc) is 2.42. The standard InChI is InChI=1S/C12H13BrN4O3/c1-19-4-5-20-11-6-8(2-3-9(11)13)16-17-10(7-14)12(15)18/h2-3,6,10H,4-5H2,1H3,(H2,15,18). The molecule has 0 fully saturated rings. The first kappa shape index (κ1) is 16.1. The van der Waals surface area contributed by atoms with Gasteiger partial charge < -0.3 is 15.2 Å². The van der Waals surface area contributed by atoms with Gasteiger partial charge in [-0.05, 0) is 28.1 Å². The van der Waals surface area contributed by atoms with Gasteiger partial charge in [-0.25, -0.2) is 0 Å². The Morgan fingerprint density at radius 2 is 2.30 bits per heavy atom. The third kappa shape index (κ3) is 4.95. The summed E-state index contributed by atoms with van der Waals surface area (Å²) in [4.78, 5) is 10.8. The highest BCUT2D eigenvalue weighted by Gasteiger charge is 2.12. The average molecular weight is 341 g/mol. The summed E-state index contributed by atoms with van der Waals surface area (Å²) >= 11 is 3.33. The van der Waals surface area contributed by atoms with Gasteiger partial charge >= 0.3 is 0 Å². The van der Waals surface area contributed by atoms with Crippen molar-refractivity contribution in [3.05, 3.63) is 22.7 Å². The van der Waals surface area contributed by atoms with E-state index in [0.29, 0.717) is 24.7 Å². The van der Waals surface area contributed by atoms with E-state index in [0.717, 1.165) is 4.47 Å². The van der Waals surface area contributed by atoms with Crippen molar-refractivity contribution in [3.63, 3.8) is 0 Å². The fourth-order valence-electron chi connectivity index (χ4n) is 1.17. The van der Waals surface area contributed by atoms with Crippen LogP contribution in [0.4, 0.5) is 5.69 Å². The van der Waals surface area contributed by atoms with Crippen molar-refractivity contribution in [2.24, 2.45) is 16.0 Å². The van der Waals surface area contributed by atoms with Crippen molar-refractivity contribution < 1.29 is 14.3 Å². The van der Waals surface area contributed by atoms with Gasteiger partial charge in [0.15, 0.2) is 0 Å². The van der Waals surface area contributed by atoms with Crippen LogP contribution in [0, 0.1) is 11.3 Å². The van der Waals surface area contributed by atoms with Gasteiger partial charge in [0, 0.05) is 13.2 Å². The fraction of sp³-hybridized carbons (Fsp3) is 0.333. The third-order valence-electron chi connectivity index (χ3n) is 2.14. The Morgan fingerprint density at radius 1 is 1.55 bits per heavy atom. The van der Waals surface area contributed by atoms with E-state index in [-0.39, 0.29) is 0 Å². The number of carbonyl (C=O) groups is 1. The van der Waals surface area contributed by atoms with Gasteiger partial charge in [-0.2, -0.15) is 15.5 Å². The number of methoxy groups -OCH3 is 1. The number of primary amides is 1. The van der Waals surface area contributed by atoms with Crippen LogP contribution in [0.1, 0.15) is 0 Å². The normalized spacial score (nSPS) is 12.1. The Balaban J connectivity index is 2.81. The number of hydrogen-bond donors (Lipinski definition) is 1. The lowest BCUT2D eigenvalue weighted by molar-refractivity contribution is -0.118. The van der Waals surface area contributed by atoms with E-state index in [2.05, 4.69) is 26.2 Å². The summed E-state index contributed by atoms with van der Waals surface area (Å²) in [5.41, 5.74) is 5.43. The first-order chi connectivity index (χ1) is 9.58. The molecule has 0 bridgehead atoms. The zero-order chi connectivity index (χ0) is 15.0. The molecule has 1 aromatic rings. The maximum Gasteiger partial charge on any atom is 0.258 e. The van der Waals surface area contributed by atoms with E-state index in [1.165, 1.54) is 0 Å². The van der Waals surface area contributed by atoms with Crippen LogP contribution in [0.15, 0.2) is 32.9 Å². The van der Waals surface area contributed by atoms with E-state index in [1.54, 1.807) is 31.4 Å². The second-order valence-corrected chi connectivity index (χ2v) is 4.46. The molecular weight excluding hydrogens is 328 g/mol. The van der Waals surface area contributed by atoms with Crippen LogP contribution in [0.3, 0.4) is 0 Å². The highest BCUT2D eigenvalue weighted by atomic mass is 79.9. The molecule has 1 atom stereocenters. The fourth-order valence-corrected chi connectivity index (χ4v) is 1.53. The topological polar surface area (TPSA) is 110 Å². The number of nitrogens with two attached hydrogens (primary N) is 1. The van der Waals surface area contributed by atoms with Gasteiger partial charge in [0.05, 0.1) is 16.8 Å². The molecule has 0 heterocycles. The van der Waals surface area contributed by atoms with Crippen LogP contribution in [0.2, 0.25) is 0 Å². The molecule has 8 heteroatoms. The molecule has 106 valence electrons. The van der Waals surface area contributed by atoms with E-state index >= 15 is 0 Å². The van der Waals surface area contributed by atoms with Crippen molar-refractivity contribution in [2.75, 3.05) is 20.3 Å². The summed E-state index contributed by atoms with van der Waals surface area (Å²) in [6, 6.07) is 5.36. The molecule has 0 spiro atoms. The van der Waals surface area contributed by atoms with Crippen molar-refractivity contribution in [1.29, 1.82) is 5.26 Å². The van der Waals surface area contributed by atoms with Gasteiger partial charge in [-0.1, -0.05) is 0 Å². The number of azo groups is 1. The molecule has 1 rings (SSSR count). The Hall–Kier alpha value is -1.98. The monoisotopic (exact) mass is 340 g/mol. The smallest absolute Gasteiger partial charge is 0.258 e. The number of amides is 1. The molecule has 2 N–H and O–H groups in total. The van der Waals surface area contributed by atoms with E-state index in [1.807, 2.05) is 0 Å². The van der Waals surface area contributed by atoms with Gasteiger partial charge in [0.25, 0.3) is 5.91 Å². The largest absolute Gasteiger partial charge is 0.490 e. The van der Waals surface area contributed by atoms with Crippen molar-refractivity contribution in [3.8, 4) is 11.8 Å². The van der Waals surface area contributed by atoms with Crippen molar-refractivity contribution in [1.82, 2.24) is 0 Å². The molecule has 0 aliphatic carbocycles. The minimum atomic E-state index is -1.29. The molecule has 1 unspecified atom stereocenters. The van der Waals surface area contributed by atoms with Crippen LogP contribution in [-0.2, 0) is 9.53 Å². The number of nitriles is 1. The van der Waals surface area contributed by atoms with Gasteiger partial charge in [0.1, 0.15) is 18.4 Å². The lowest BCUT2D eigenvalue weighted by Crippen LogP contribution is -2.24.